The van der Waals surface area contributed by atoms with E-state index in [9.17, 15) is 0 Å². The Morgan fingerprint density at radius 2 is 2.42 bits per heavy atom. The van der Waals surface area contributed by atoms with Gasteiger partial charge in [-0.05, 0) is 25.7 Å². The summed E-state index contributed by atoms with van der Waals surface area (Å²) >= 11 is 0. The zero-order valence-corrected chi connectivity index (χ0v) is 8.03. The van der Waals surface area contributed by atoms with Crippen LogP contribution in [0.4, 0.5) is 0 Å². The van der Waals surface area contributed by atoms with Gasteiger partial charge in [-0.15, -0.1) is 0 Å². The molecule has 0 bridgehead atoms. The zero-order chi connectivity index (χ0) is 8.97. The molecule has 66 valence electrons. The van der Waals surface area contributed by atoms with Gasteiger partial charge in [0.25, 0.3) is 12.6 Å². The molecule has 0 amide bonds. The van der Waals surface area contributed by atoms with Crippen LogP contribution in [0.25, 0.3) is 4.85 Å². The summed E-state index contributed by atoms with van der Waals surface area (Å²) in [7, 11) is 0. The SMILES string of the molecule is C#[N+]C1CC1C(C)CC/C=C/C. The Bertz CT molecular complexity index is 200. The van der Waals surface area contributed by atoms with E-state index in [4.69, 9.17) is 6.57 Å². The van der Waals surface area contributed by atoms with E-state index in [2.05, 4.69) is 30.8 Å². The third kappa shape index (κ3) is 2.37. The van der Waals surface area contributed by atoms with Gasteiger partial charge in [-0.2, -0.15) is 0 Å². The van der Waals surface area contributed by atoms with E-state index >= 15 is 0 Å². The molecule has 0 radical (unpaired) electrons. The van der Waals surface area contributed by atoms with Gasteiger partial charge < -0.3 is 0 Å². The quantitative estimate of drug-likeness (QED) is 0.561. The van der Waals surface area contributed by atoms with Crippen LogP contribution in [-0.4, -0.2) is 6.04 Å². The number of rotatable bonds is 4. The molecule has 1 saturated carbocycles. The molecule has 1 aliphatic carbocycles. The molecule has 1 nitrogen and oxygen atoms in total. The Morgan fingerprint density at radius 1 is 1.67 bits per heavy atom. The average molecular weight is 164 g/mol. The second kappa shape index (κ2) is 4.30. The van der Waals surface area contributed by atoms with Crippen LogP contribution in [0.3, 0.4) is 0 Å². The van der Waals surface area contributed by atoms with Crippen LogP contribution in [0.1, 0.15) is 33.1 Å². The first-order valence-corrected chi connectivity index (χ1v) is 4.80. The molecule has 3 atom stereocenters. The molecule has 1 rings (SSSR count). The topological polar surface area (TPSA) is 4.36 Å². The van der Waals surface area contributed by atoms with E-state index < -0.39 is 0 Å². The summed E-state index contributed by atoms with van der Waals surface area (Å²) in [6.07, 6.45) is 8.04. The molecule has 1 aliphatic rings. The Hall–Kier alpha value is -0.770. The summed E-state index contributed by atoms with van der Waals surface area (Å²) in [5.74, 6) is 1.57. The van der Waals surface area contributed by atoms with Crippen molar-refractivity contribution in [2.45, 2.75) is 39.2 Å². The lowest BCUT2D eigenvalue weighted by molar-refractivity contribution is 0.471. The van der Waals surface area contributed by atoms with E-state index in [1.54, 1.807) is 0 Å². The van der Waals surface area contributed by atoms with Crippen LogP contribution >= 0.6 is 0 Å². The summed E-state index contributed by atoms with van der Waals surface area (Å²) < 4.78 is 0. The van der Waals surface area contributed by atoms with Crippen molar-refractivity contribution in [3.63, 3.8) is 0 Å². The Balaban J connectivity index is 2.14. The standard InChI is InChI=1S/C11H18N/c1-4-5-6-7-9(2)10-8-11(10)12-3/h3-5,9-11H,6-8H2,1-2H3/q+1/b5-4+. The molecular weight excluding hydrogens is 146 g/mol. The maximum absolute atomic E-state index is 5.23. The van der Waals surface area contributed by atoms with Crippen molar-refractivity contribution in [1.82, 2.24) is 0 Å². The number of nitrogens with zero attached hydrogens (tertiary/aromatic N) is 1. The van der Waals surface area contributed by atoms with Crippen molar-refractivity contribution in [2.24, 2.45) is 11.8 Å². The van der Waals surface area contributed by atoms with Crippen molar-refractivity contribution in [3.8, 4) is 6.57 Å². The minimum atomic E-state index is 0.477. The fourth-order valence-electron chi connectivity index (χ4n) is 1.72. The van der Waals surface area contributed by atoms with Crippen LogP contribution in [-0.2, 0) is 0 Å². The van der Waals surface area contributed by atoms with Crippen LogP contribution in [0.5, 0.6) is 0 Å². The Morgan fingerprint density at radius 3 is 2.92 bits per heavy atom. The molecule has 0 aromatic carbocycles. The normalized spacial score (nSPS) is 30.1. The monoisotopic (exact) mass is 164 g/mol. The second-order valence-electron chi connectivity index (χ2n) is 3.74. The van der Waals surface area contributed by atoms with Crippen LogP contribution in [0, 0.1) is 18.4 Å². The molecule has 0 aliphatic heterocycles. The van der Waals surface area contributed by atoms with Crippen molar-refractivity contribution in [2.75, 3.05) is 0 Å². The lowest BCUT2D eigenvalue weighted by atomic mass is 10.00. The minimum absolute atomic E-state index is 0.477. The molecule has 3 unspecified atom stereocenters. The zero-order valence-electron chi connectivity index (χ0n) is 8.03. The summed E-state index contributed by atoms with van der Waals surface area (Å²) in [6.45, 7) is 9.60. The van der Waals surface area contributed by atoms with Crippen LogP contribution < -0.4 is 0 Å². The van der Waals surface area contributed by atoms with E-state index in [0.29, 0.717) is 6.04 Å². The summed E-state index contributed by atoms with van der Waals surface area (Å²) in [6, 6.07) is 0.477. The van der Waals surface area contributed by atoms with Gasteiger partial charge in [0, 0.05) is 12.3 Å². The molecule has 0 aromatic rings. The maximum atomic E-state index is 5.23. The number of allylic oxidation sites excluding steroid dienone is 2. The minimum Gasteiger partial charge on any atom is -0.0917 e. The van der Waals surface area contributed by atoms with Gasteiger partial charge in [0.05, 0.1) is 0 Å². The highest BCUT2D eigenvalue weighted by Gasteiger charge is 2.49. The highest BCUT2D eigenvalue weighted by molar-refractivity contribution is 5.05. The fraction of sp³-hybridized carbons (Fsp3) is 0.727. The average Bonchev–Trinajstić information content (AvgIpc) is 2.83. The van der Waals surface area contributed by atoms with Gasteiger partial charge >= 0.3 is 0 Å². The first-order chi connectivity index (χ1) is 5.79. The summed E-state index contributed by atoms with van der Waals surface area (Å²) in [5.41, 5.74) is 0. The van der Waals surface area contributed by atoms with Crippen molar-refractivity contribution in [3.05, 3.63) is 17.0 Å². The molecule has 1 heteroatoms. The van der Waals surface area contributed by atoms with Gasteiger partial charge in [-0.3, -0.25) is 0 Å². The van der Waals surface area contributed by atoms with E-state index in [0.717, 1.165) is 11.8 Å². The highest BCUT2D eigenvalue weighted by atomic mass is 14.8. The Kier molecular flexibility index (Phi) is 3.34. The first kappa shape index (κ1) is 9.32. The van der Waals surface area contributed by atoms with Crippen molar-refractivity contribution >= 4 is 0 Å². The molecule has 0 aromatic heterocycles. The van der Waals surface area contributed by atoms with Crippen molar-refractivity contribution < 1.29 is 0 Å². The third-order valence-electron chi connectivity index (χ3n) is 2.75. The van der Waals surface area contributed by atoms with Gasteiger partial charge in [0.1, 0.15) is 0 Å². The lowest BCUT2D eigenvalue weighted by Gasteiger charge is -2.04. The van der Waals surface area contributed by atoms with E-state index in [-0.39, 0.29) is 0 Å². The Labute approximate surface area is 75.3 Å². The number of hydrogen-bond donors (Lipinski definition) is 0. The molecule has 1 fully saturated rings. The molecule has 0 heterocycles. The molecule has 12 heavy (non-hydrogen) atoms. The smallest absolute Gasteiger partial charge is 0.0917 e. The van der Waals surface area contributed by atoms with E-state index in [1.165, 1.54) is 19.3 Å². The molecule has 0 spiro atoms. The second-order valence-corrected chi connectivity index (χ2v) is 3.74. The third-order valence-corrected chi connectivity index (χ3v) is 2.75. The predicted molar refractivity (Wildman–Crippen MR) is 53.4 cm³/mol. The largest absolute Gasteiger partial charge is 0.276 e. The molecule has 0 N–H and O–H groups in total. The highest BCUT2D eigenvalue weighted by Crippen LogP contribution is 2.41. The van der Waals surface area contributed by atoms with Gasteiger partial charge in [0.2, 0.25) is 0 Å². The van der Waals surface area contributed by atoms with Crippen molar-refractivity contribution in [1.29, 1.82) is 0 Å². The maximum Gasteiger partial charge on any atom is 0.276 e. The van der Waals surface area contributed by atoms with E-state index in [1.807, 2.05) is 0 Å². The summed E-state index contributed by atoms with van der Waals surface area (Å²) in [5, 5.41) is 0. The number of hydrogen-bond acceptors (Lipinski definition) is 0. The van der Waals surface area contributed by atoms with Gasteiger partial charge in [-0.25, -0.2) is 0 Å². The van der Waals surface area contributed by atoms with Crippen LogP contribution in [0.15, 0.2) is 12.2 Å². The molecular formula is C11H18N+. The fourth-order valence-corrected chi connectivity index (χ4v) is 1.72. The summed E-state index contributed by atoms with van der Waals surface area (Å²) in [4.78, 5) is 3.81. The molecule has 0 saturated heterocycles. The first-order valence-electron chi connectivity index (χ1n) is 4.80. The van der Waals surface area contributed by atoms with Gasteiger partial charge in [0.15, 0.2) is 0 Å². The lowest BCUT2D eigenvalue weighted by Crippen LogP contribution is -1.98. The predicted octanol–water partition coefficient (Wildman–Crippen LogP) is 3.33. The van der Waals surface area contributed by atoms with Crippen LogP contribution in [0.2, 0.25) is 0 Å². The van der Waals surface area contributed by atoms with Gasteiger partial charge in [-0.1, -0.05) is 23.9 Å².